The van der Waals surface area contributed by atoms with Crippen LogP contribution in [0.4, 0.5) is 18.9 Å². The predicted octanol–water partition coefficient (Wildman–Crippen LogP) is 4.69. The Balaban J connectivity index is 1.33. The van der Waals surface area contributed by atoms with E-state index < -0.39 is 12.0 Å². The summed E-state index contributed by atoms with van der Waals surface area (Å²) < 4.78 is 50.5. The Morgan fingerprint density at radius 1 is 1.08 bits per heavy atom. The van der Waals surface area contributed by atoms with Crippen molar-refractivity contribution in [2.24, 2.45) is 9.98 Å². The number of alkyl halides is 3. The number of hydrogen-bond acceptors (Lipinski definition) is 6. The number of carbonyl (C=O) groups excluding carboxylic acids is 1. The average Bonchev–Trinajstić information content (AvgIpc) is 3.36. The van der Waals surface area contributed by atoms with E-state index in [1.54, 1.807) is 12.0 Å². The van der Waals surface area contributed by atoms with Crippen molar-refractivity contribution < 1.29 is 27.4 Å². The number of benzene rings is 2. The molecule has 2 aromatic rings. The van der Waals surface area contributed by atoms with E-state index in [0.29, 0.717) is 37.6 Å². The molecule has 0 aromatic heterocycles. The highest BCUT2D eigenvalue weighted by Gasteiger charge is 2.39. The zero-order valence-corrected chi connectivity index (χ0v) is 21.3. The van der Waals surface area contributed by atoms with Crippen molar-refractivity contribution in [2.75, 3.05) is 38.2 Å². The molecule has 2 heterocycles. The summed E-state index contributed by atoms with van der Waals surface area (Å²) >= 11 is 0. The summed E-state index contributed by atoms with van der Waals surface area (Å²) in [4.78, 5) is 24.4. The smallest absolute Gasteiger partial charge is 0.451 e. The maximum Gasteiger partial charge on any atom is 0.451 e. The van der Waals surface area contributed by atoms with Crippen molar-refractivity contribution in [3.8, 4) is 11.5 Å². The van der Waals surface area contributed by atoms with E-state index in [1.165, 1.54) is 6.42 Å². The van der Waals surface area contributed by atoms with E-state index in [1.807, 2.05) is 48.5 Å². The minimum Gasteiger partial charge on any atom is -0.493 e. The highest BCUT2D eigenvalue weighted by atomic mass is 19.4. The van der Waals surface area contributed by atoms with Gasteiger partial charge in [-0.3, -0.25) is 9.79 Å². The van der Waals surface area contributed by atoms with Crippen LogP contribution in [-0.4, -0.2) is 74.0 Å². The van der Waals surface area contributed by atoms with Crippen LogP contribution >= 0.6 is 0 Å². The van der Waals surface area contributed by atoms with E-state index in [-0.39, 0.29) is 36.7 Å². The minimum atomic E-state index is -4.61. The fourth-order valence-electron chi connectivity index (χ4n) is 5.01. The summed E-state index contributed by atoms with van der Waals surface area (Å²) in [5.41, 5.74) is 2.21. The van der Waals surface area contributed by atoms with Gasteiger partial charge >= 0.3 is 6.18 Å². The Morgan fingerprint density at radius 3 is 2.53 bits per heavy atom. The van der Waals surface area contributed by atoms with E-state index in [9.17, 15) is 18.0 Å². The van der Waals surface area contributed by atoms with Crippen molar-refractivity contribution in [1.29, 1.82) is 0 Å². The first-order valence-electron chi connectivity index (χ1n) is 12.9. The molecular weight excluding hydrogens is 497 g/mol. The van der Waals surface area contributed by atoms with Crippen molar-refractivity contribution in [2.45, 2.75) is 50.4 Å². The van der Waals surface area contributed by atoms with Gasteiger partial charge in [-0.25, -0.2) is 4.99 Å². The lowest BCUT2D eigenvalue weighted by molar-refractivity contribution is -0.132. The van der Waals surface area contributed by atoms with Crippen LogP contribution in [0.15, 0.2) is 58.5 Å². The normalized spacial score (nSPS) is 20.1. The molecule has 5 rings (SSSR count). The summed E-state index contributed by atoms with van der Waals surface area (Å²) in [7, 11) is 1.63. The molecule has 3 aliphatic rings. The van der Waals surface area contributed by atoms with E-state index in [4.69, 9.17) is 9.47 Å². The largest absolute Gasteiger partial charge is 0.493 e. The zero-order valence-electron chi connectivity index (χ0n) is 21.3. The fraction of sp³-hybridized carbons (Fsp3) is 0.464. The summed E-state index contributed by atoms with van der Waals surface area (Å²) in [5.74, 6) is 0.0117. The topological polar surface area (TPSA) is 66.7 Å². The number of anilines is 1. The van der Waals surface area contributed by atoms with Gasteiger partial charge in [0.05, 0.1) is 37.9 Å². The average molecular weight is 529 g/mol. The lowest BCUT2D eigenvalue weighted by Crippen LogP contribution is -2.56. The Morgan fingerprint density at radius 2 is 1.87 bits per heavy atom. The molecule has 1 amide bonds. The van der Waals surface area contributed by atoms with Gasteiger partial charge in [-0.05, 0) is 43.4 Å². The molecule has 0 radical (unpaired) electrons. The molecule has 7 nitrogen and oxygen atoms in total. The van der Waals surface area contributed by atoms with Crippen LogP contribution in [0.3, 0.4) is 0 Å². The SMILES string of the molecule is COc1ccc(N2CCN(C(=O)CC3=NC(C(F)(F)F)=NC3)[C@@H](Cc3ccccc3)C2)cc1OC1CCC1. The Hall–Kier alpha value is -3.56. The van der Waals surface area contributed by atoms with E-state index in [0.717, 1.165) is 24.1 Å². The van der Waals surface area contributed by atoms with Crippen LogP contribution < -0.4 is 14.4 Å². The maximum atomic E-state index is 13.3. The van der Waals surface area contributed by atoms with Gasteiger partial charge in [0.15, 0.2) is 11.5 Å². The highest BCUT2D eigenvalue weighted by molar-refractivity contribution is 6.12. The quantitative estimate of drug-likeness (QED) is 0.499. The summed E-state index contributed by atoms with van der Waals surface area (Å²) in [6.07, 6.45) is -0.703. The van der Waals surface area contributed by atoms with Gasteiger partial charge in [-0.1, -0.05) is 30.3 Å². The maximum absolute atomic E-state index is 13.3. The lowest BCUT2D eigenvalue weighted by atomic mass is 9.96. The van der Waals surface area contributed by atoms with Gasteiger partial charge in [-0.15, -0.1) is 0 Å². The zero-order chi connectivity index (χ0) is 26.7. The molecule has 2 fully saturated rings. The Labute approximate surface area is 220 Å². The van der Waals surface area contributed by atoms with Gasteiger partial charge < -0.3 is 19.3 Å². The van der Waals surface area contributed by atoms with Crippen LogP contribution in [0.2, 0.25) is 0 Å². The number of hydrogen-bond donors (Lipinski definition) is 0. The molecule has 10 heteroatoms. The number of nitrogens with zero attached hydrogens (tertiary/aromatic N) is 4. The number of rotatable bonds is 8. The van der Waals surface area contributed by atoms with Crippen molar-refractivity contribution in [1.82, 2.24) is 4.90 Å². The van der Waals surface area contributed by atoms with E-state index in [2.05, 4.69) is 14.9 Å². The first-order chi connectivity index (χ1) is 18.3. The Bertz CT molecular complexity index is 1210. The van der Waals surface area contributed by atoms with Crippen LogP contribution in [0.1, 0.15) is 31.2 Å². The van der Waals surface area contributed by atoms with Gasteiger partial charge in [-0.2, -0.15) is 13.2 Å². The van der Waals surface area contributed by atoms with Crippen molar-refractivity contribution in [3.63, 3.8) is 0 Å². The molecule has 38 heavy (non-hydrogen) atoms. The summed E-state index contributed by atoms with van der Waals surface area (Å²) in [5, 5.41) is 0. The highest BCUT2D eigenvalue weighted by Crippen LogP contribution is 2.36. The van der Waals surface area contributed by atoms with Gasteiger partial charge in [0.25, 0.3) is 0 Å². The second-order valence-electron chi connectivity index (χ2n) is 9.88. The van der Waals surface area contributed by atoms with Crippen LogP contribution in [-0.2, 0) is 11.2 Å². The van der Waals surface area contributed by atoms with Crippen LogP contribution in [0, 0.1) is 0 Å². The Kier molecular flexibility index (Phi) is 7.58. The minimum absolute atomic E-state index is 0.149. The number of halogens is 3. The molecule has 0 bridgehead atoms. The molecule has 1 saturated heterocycles. The third-order valence-electron chi connectivity index (χ3n) is 7.26. The summed E-state index contributed by atoms with van der Waals surface area (Å²) in [6, 6.07) is 15.6. The predicted molar refractivity (Wildman–Crippen MR) is 140 cm³/mol. The molecule has 202 valence electrons. The third-order valence-corrected chi connectivity index (χ3v) is 7.26. The molecule has 1 atom stereocenters. The molecule has 0 spiro atoms. The van der Waals surface area contributed by atoms with Gasteiger partial charge in [0.2, 0.25) is 11.7 Å². The first kappa shape index (κ1) is 26.1. The number of amidine groups is 1. The lowest BCUT2D eigenvalue weighted by Gasteiger charge is -2.43. The molecule has 1 aliphatic carbocycles. The third kappa shape index (κ3) is 5.95. The van der Waals surface area contributed by atoms with Crippen molar-refractivity contribution in [3.05, 3.63) is 54.1 Å². The van der Waals surface area contributed by atoms with Gasteiger partial charge in [0.1, 0.15) is 0 Å². The summed E-state index contributed by atoms with van der Waals surface area (Å²) in [6.45, 7) is 1.41. The van der Waals surface area contributed by atoms with E-state index >= 15 is 0 Å². The van der Waals surface area contributed by atoms with Crippen LogP contribution in [0.25, 0.3) is 0 Å². The molecule has 0 N–H and O–H groups in total. The van der Waals surface area contributed by atoms with Crippen molar-refractivity contribution >= 4 is 23.1 Å². The number of methoxy groups -OCH3 is 1. The molecule has 0 unspecified atom stereocenters. The monoisotopic (exact) mass is 528 g/mol. The number of carbonyl (C=O) groups is 1. The molecule has 2 aliphatic heterocycles. The standard InChI is InChI=1S/C28H31F3N4O3/c1-37-24-11-10-21(16-25(24)38-23-8-5-9-23)34-12-13-35(22(18-34)14-19-6-3-2-4-7-19)26(36)15-20-17-32-27(33-20)28(29,30)31/h2-4,6-7,10-11,16,22-23H,5,8-9,12-15,17-18H2,1H3/t22-/m0/s1. The fourth-order valence-corrected chi connectivity index (χ4v) is 5.01. The number of amides is 1. The molecular formula is C28H31F3N4O3. The van der Waals surface area contributed by atoms with Crippen LogP contribution in [0.5, 0.6) is 11.5 Å². The molecule has 2 aromatic carbocycles. The first-order valence-corrected chi connectivity index (χ1v) is 12.9. The molecule has 1 saturated carbocycles. The number of aliphatic imine (C=N–C) groups is 2. The second-order valence-corrected chi connectivity index (χ2v) is 9.88. The second kappa shape index (κ2) is 11.0. The number of ether oxygens (including phenoxy) is 2. The van der Waals surface area contributed by atoms with Gasteiger partial charge in [0, 0.05) is 31.4 Å². The number of piperazine rings is 1.